The van der Waals surface area contributed by atoms with Crippen molar-refractivity contribution >= 4 is 5.91 Å². The lowest BCUT2D eigenvalue weighted by molar-refractivity contribution is -0.131. The van der Waals surface area contributed by atoms with Gasteiger partial charge in [0, 0.05) is 38.0 Å². The Hall–Kier alpha value is -2.28. The number of carbonyl (C=O) groups is 1. The molecule has 1 aromatic carbocycles. The minimum atomic E-state index is 0.226. The molecule has 3 heterocycles. The highest BCUT2D eigenvalue weighted by Gasteiger charge is 2.42. The van der Waals surface area contributed by atoms with Gasteiger partial charge in [0.05, 0.1) is 6.54 Å². The van der Waals surface area contributed by atoms with Crippen LogP contribution in [0.3, 0.4) is 0 Å². The first kappa shape index (κ1) is 18.1. The van der Waals surface area contributed by atoms with Crippen LogP contribution in [0.1, 0.15) is 31.2 Å². The summed E-state index contributed by atoms with van der Waals surface area (Å²) in [4.78, 5) is 17.3. The topological polar surface area (TPSA) is 67.2 Å². The van der Waals surface area contributed by atoms with Gasteiger partial charge in [0.25, 0.3) is 0 Å². The number of hydrogen-bond acceptors (Lipinski definition) is 5. The molecule has 0 radical (unpaired) electrons. The molecule has 0 unspecified atom stereocenters. The van der Waals surface area contributed by atoms with Gasteiger partial charge in [-0.15, -0.1) is 5.10 Å². The van der Waals surface area contributed by atoms with Crippen LogP contribution in [0.25, 0.3) is 0 Å². The Morgan fingerprint density at radius 2 is 1.96 bits per heavy atom. The van der Waals surface area contributed by atoms with Crippen molar-refractivity contribution in [3.63, 3.8) is 0 Å². The molecular weight excluding hydrogens is 340 g/mol. The molecular formula is C20H28N6O. The van der Waals surface area contributed by atoms with E-state index in [2.05, 4.69) is 55.7 Å². The molecule has 0 saturated carbocycles. The number of aromatic nitrogens is 4. The molecule has 2 aliphatic rings. The van der Waals surface area contributed by atoms with Crippen LogP contribution in [0.5, 0.6) is 0 Å². The van der Waals surface area contributed by atoms with Crippen LogP contribution in [0.2, 0.25) is 0 Å². The van der Waals surface area contributed by atoms with Crippen molar-refractivity contribution in [2.24, 2.45) is 5.41 Å². The fraction of sp³-hybridized carbons (Fsp3) is 0.600. The van der Waals surface area contributed by atoms with Gasteiger partial charge < -0.3 is 9.80 Å². The van der Waals surface area contributed by atoms with Gasteiger partial charge in [0.1, 0.15) is 6.33 Å². The molecule has 2 aliphatic heterocycles. The average Bonchev–Trinajstić information content (AvgIpc) is 3.36. The molecule has 7 heteroatoms. The molecule has 0 N–H and O–H groups in total. The highest BCUT2D eigenvalue weighted by Crippen LogP contribution is 2.39. The van der Waals surface area contributed by atoms with Crippen LogP contribution in [-0.4, -0.2) is 68.6 Å². The lowest BCUT2D eigenvalue weighted by Crippen LogP contribution is -2.46. The van der Waals surface area contributed by atoms with Gasteiger partial charge in [-0.25, -0.2) is 4.68 Å². The average molecular weight is 368 g/mol. The summed E-state index contributed by atoms with van der Waals surface area (Å²) in [6.07, 6.45) is 6.74. The Morgan fingerprint density at radius 3 is 2.78 bits per heavy atom. The fourth-order valence-electron chi connectivity index (χ4n) is 4.57. The number of nitrogens with zero attached hydrogens (tertiary/aromatic N) is 6. The molecule has 4 rings (SSSR count). The zero-order valence-electron chi connectivity index (χ0n) is 15.8. The summed E-state index contributed by atoms with van der Waals surface area (Å²) < 4.78 is 1.62. The van der Waals surface area contributed by atoms with Gasteiger partial charge >= 0.3 is 0 Å². The standard InChI is InChI=1S/C20H28N6O/c27-19(8-13-26-17-21-22-23-26)25-14-10-20(16-25)9-4-11-24(15-20)12-7-18-5-2-1-3-6-18/h1-3,5-6,17H,4,7-16H2/t20-/m1/s1. The van der Waals surface area contributed by atoms with Gasteiger partial charge in [0.15, 0.2) is 0 Å². The Bertz CT molecular complexity index is 734. The number of hydrogen-bond donors (Lipinski definition) is 0. The Balaban J connectivity index is 1.27. The first-order valence-corrected chi connectivity index (χ1v) is 9.97. The molecule has 1 atom stereocenters. The van der Waals surface area contributed by atoms with Crippen molar-refractivity contribution in [2.75, 3.05) is 32.7 Å². The summed E-state index contributed by atoms with van der Waals surface area (Å²) in [6, 6.07) is 10.7. The first-order valence-electron chi connectivity index (χ1n) is 9.97. The van der Waals surface area contributed by atoms with Crippen LogP contribution < -0.4 is 0 Å². The SMILES string of the molecule is O=C(CCn1cnnn1)N1CC[C@@]2(CCCN(CCc3ccccc3)C2)C1. The van der Waals surface area contributed by atoms with E-state index in [1.54, 1.807) is 11.0 Å². The van der Waals surface area contributed by atoms with Crippen LogP contribution in [0.4, 0.5) is 0 Å². The monoisotopic (exact) mass is 368 g/mol. The molecule has 2 aromatic rings. The predicted molar refractivity (Wildman–Crippen MR) is 102 cm³/mol. The summed E-state index contributed by atoms with van der Waals surface area (Å²) >= 11 is 0. The lowest BCUT2D eigenvalue weighted by atomic mass is 9.79. The van der Waals surface area contributed by atoms with Crippen molar-refractivity contribution in [2.45, 2.75) is 38.6 Å². The summed E-state index contributed by atoms with van der Waals surface area (Å²) in [7, 11) is 0. The number of benzene rings is 1. The maximum Gasteiger partial charge on any atom is 0.224 e. The predicted octanol–water partition coefficient (Wildman–Crippen LogP) is 1.62. The maximum absolute atomic E-state index is 12.6. The number of rotatable bonds is 6. The largest absolute Gasteiger partial charge is 0.342 e. The van der Waals surface area contributed by atoms with E-state index in [1.165, 1.54) is 24.9 Å². The summed E-state index contributed by atoms with van der Waals surface area (Å²) in [5.41, 5.74) is 1.70. The van der Waals surface area contributed by atoms with Crippen LogP contribution in [0, 0.1) is 5.41 Å². The molecule has 2 saturated heterocycles. The minimum Gasteiger partial charge on any atom is -0.342 e. The van der Waals surface area contributed by atoms with E-state index in [0.717, 1.165) is 39.0 Å². The van der Waals surface area contributed by atoms with Gasteiger partial charge in [-0.2, -0.15) is 0 Å². The van der Waals surface area contributed by atoms with E-state index < -0.39 is 0 Å². The summed E-state index contributed by atoms with van der Waals surface area (Å²) in [6.45, 7) is 5.76. The van der Waals surface area contributed by atoms with Crippen molar-refractivity contribution in [3.8, 4) is 0 Å². The Kier molecular flexibility index (Phi) is 5.48. The number of likely N-dealkylation sites (tertiary alicyclic amines) is 2. The second-order valence-corrected chi connectivity index (χ2v) is 8.00. The molecule has 1 spiro atoms. The van der Waals surface area contributed by atoms with Crippen molar-refractivity contribution in [1.82, 2.24) is 30.0 Å². The van der Waals surface area contributed by atoms with E-state index in [4.69, 9.17) is 0 Å². The highest BCUT2D eigenvalue weighted by molar-refractivity contribution is 5.76. The number of carbonyl (C=O) groups excluding carboxylic acids is 1. The number of aryl methyl sites for hydroxylation is 1. The molecule has 0 bridgehead atoms. The second-order valence-electron chi connectivity index (χ2n) is 8.00. The molecule has 2 fully saturated rings. The molecule has 1 aromatic heterocycles. The van der Waals surface area contributed by atoms with E-state index in [-0.39, 0.29) is 5.91 Å². The van der Waals surface area contributed by atoms with Crippen LogP contribution in [0.15, 0.2) is 36.7 Å². The van der Waals surface area contributed by atoms with E-state index in [1.807, 2.05) is 0 Å². The van der Waals surface area contributed by atoms with E-state index in [9.17, 15) is 4.79 Å². The third-order valence-electron chi connectivity index (χ3n) is 6.04. The van der Waals surface area contributed by atoms with E-state index in [0.29, 0.717) is 18.4 Å². The first-order chi connectivity index (χ1) is 13.2. The Morgan fingerprint density at radius 1 is 1.07 bits per heavy atom. The van der Waals surface area contributed by atoms with Gasteiger partial charge in [0.2, 0.25) is 5.91 Å². The minimum absolute atomic E-state index is 0.226. The summed E-state index contributed by atoms with van der Waals surface area (Å²) in [5, 5.41) is 11.1. The van der Waals surface area contributed by atoms with Crippen LogP contribution >= 0.6 is 0 Å². The second kappa shape index (κ2) is 8.17. The normalized spacial score (nSPS) is 23.2. The molecule has 0 aliphatic carbocycles. The number of piperidine rings is 1. The van der Waals surface area contributed by atoms with Gasteiger partial charge in [-0.05, 0) is 48.2 Å². The highest BCUT2D eigenvalue weighted by atomic mass is 16.2. The molecule has 27 heavy (non-hydrogen) atoms. The lowest BCUT2D eigenvalue weighted by Gasteiger charge is -2.40. The number of amides is 1. The smallest absolute Gasteiger partial charge is 0.224 e. The van der Waals surface area contributed by atoms with Gasteiger partial charge in [-0.1, -0.05) is 30.3 Å². The zero-order chi connectivity index (χ0) is 18.5. The van der Waals surface area contributed by atoms with Gasteiger partial charge in [-0.3, -0.25) is 4.79 Å². The van der Waals surface area contributed by atoms with E-state index >= 15 is 0 Å². The third-order valence-corrected chi connectivity index (χ3v) is 6.04. The fourth-order valence-corrected chi connectivity index (χ4v) is 4.57. The third kappa shape index (κ3) is 4.53. The molecule has 1 amide bonds. The molecule has 7 nitrogen and oxygen atoms in total. The zero-order valence-corrected chi connectivity index (χ0v) is 15.8. The Labute approximate surface area is 160 Å². The number of tetrazole rings is 1. The van der Waals surface area contributed by atoms with Crippen molar-refractivity contribution < 1.29 is 4.79 Å². The van der Waals surface area contributed by atoms with Crippen molar-refractivity contribution in [1.29, 1.82) is 0 Å². The summed E-state index contributed by atoms with van der Waals surface area (Å²) in [5.74, 6) is 0.226. The van der Waals surface area contributed by atoms with Crippen molar-refractivity contribution in [3.05, 3.63) is 42.2 Å². The molecule has 144 valence electrons. The maximum atomic E-state index is 12.6. The quantitative estimate of drug-likeness (QED) is 0.775. The van der Waals surface area contributed by atoms with Crippen LogP contribution in [-0.2, 0) is 17.8 Å².